The van der Waals surface area contributed by atoms with E-state index in [1.54, 1.807) is 31.3 Å². The van der Waals surface area contributed by atoms with Crippen molar-refractivity contribution in [3.63, 3.8) is 0 Å². The zero-order chi connectivity index (χ0) is 19.6. The van der Waals surface area contributed by atoms with Crippen LogP contribution in [0.25, 0.3) is 33.4 Å². The van der Waals surface area contributed by atoms with Crippen LogP contribution in [0.15, 0.2) is 66.6 Å². The van der Waals surface area contributed by atoms with Crippen molar-refractivity contribution >= 4 is 21.8 Å². The third kappa shape index (κ3) is 1.86. The number of fused-ring (bicyclic) bond motifs is 2. The molecule has 1 aromatic carbocycles. The van der Waals surface area contributed by atoms with Gasteiger partial charge in [0.1, 0.15) is 16.4 Å². The summed E-state index contributed by atoms with van der Waals surface area (Å²) in [6, 6.07) is 9.56. The molecule has 0 radical (unpaired) electrons. The summed E-state index contributed by atoms with van der Waals surface area (Å²) in [7, 11) is 1.59. The van der Waals surface area contributed by atoms with Crippen LogP contribution in [-0.4, -0.2) is 14.8 Å². The van der Waals surface area contributed by atoms with Crippen molar-refractivity contribution in [3.8, 4) is 11.6 Å². The number of aromatic nitrogens is 2. The van der Waals surface area contributed by atoms with Crippen molar-refractivity contribution in [2.24, 2.45) is 12.2 Å². The summed E-state index contributed by atoms with van der Waals surface area (Å²) in [5, 5.41) is 12.4. The first-order chi connectivity index (χ1) is 13.5. The molecule has 2 aliphatic rings. The lowest BCUT2D eigenvalue weighted by atomic mass is 10.0. The first-order valence-electron chi connectivity index (χ1n) is 8.35. The predicted octanol–water partition coefficient (Wildman–Crippen LogP) is 0.957. The maximum Gasteiger partial charge on any atom is 0.216 e. The van der Waals surface area contributed by atoms with Gasteiger partial charge in [-0.15, -0.1) is 0 Å². The number of imidazole rings is 1. The van der Waals surface area contributed by atoms with E-state index in [0.717, 1.165) is 0 Å². The van der Waals surface area contributed by atoms with Crippen LogP contribution in [-0.2, 0) is 7.05 Å². The van der Waals surface area contributed by atoms with Crippen molar-refractivity contribution in [1.82, 2.24) is 9.55 Å². The van der Waals surface area contributed by atoms with E-state index >= 15 is 0 Å². The molecule has 5 rings (SSSR count). The number of hydrogen-bond donors (Lipinski definition) is 1. The fraction of sp³-hybridized carbons (Fsp3) is 0.0500. The Bertz CT molecular complexity index is 1690. The molecule has 0 atom stereocenters. The molecular formula is C20H11N3O5. The fourth-order valence-electron chi connectivity index (χ4n) is 3.70. The first kappa shape index (κ1) is 16.1. The highest BCUT2D eigenvalue weighted by molar-refractivity contribution is 5.85. The predicted molar refractivity (Wildman–Crippen MR) is 99.8 cm³/mol. The van der Waals surface area contributed by atoms with E-state index in [4.69, 9.17) is 4.42 Å². The Hall–Kier alpha value is -4.07. The van der Waals surface area contributed by atoms with Crippen LogP contribution in [0.1, 0.15) is 0 Å². The summed E-state index contributed by atoms with van der Waals surface area (Å²) in [5.41, 5.74) is -1.69. The molecule has 0 saturated carbocycles. The number of furan rings is 1. The van der Waals surface area contributed by atoms with E-state index in [1.165, 1.54) is 23.0 Å². The first-order valence-corrected chi connectivity index (χ1v) is 8.35. The smallest absolute Gasteiger partial charge is 0.216 e. The van der Waals surface area contributed by atoms with E-state index in [-0.39, 0.29) is 37.6 Å². The number of nitrogens with zero attached hydrogens (tertiary/aromatic N) is 3. The quantitative estimate of drug-likeness (QED) is 0.346. The summed E-state index contributed by atoms with van der Waals surface area (Å²) in [6.07, 6.45) is 1.46. The Kier molecular flexibility index (Phi) is 3.15. The Labute approximate surface area is 154 Å². The number of benzene rings is 1. The van der Waals surface area contributed by atoms with Gasteiger partial charge in [0.15, 0.2) is 22.4 Å². The Morgan fingerprint density at radius 1 is 0.964 bits per heavy atom. The van der Waals surface area contributed by atoms with Crippen LogP contribution < -0.4 is 21.6 Å². The monoisotopic (exact) mass is 373 g/mol. The maximum absolute atomic E-state index is 13.2. The zero-order valence-electron chi connectivity index (χ0n) is 14.5. The highest BCUT2D eigenvalue weighted by Crippen LogP contribution is 2.21. The molecule has 8 nitrogen and oxygen atoms in total. The van der Waals surface area contributed by atoms with E-state index in [1.807, 2.05) is 0 Å². The summed E-state index contributed by atoms with van der Waals surface area (Å²) in [6.45, 7) is 0. The van der Waals surface area contributed by atoms with Crippen molar-refractivity contribution in [3.05, 3.63) is 89.1 Å². The molecule has 0 spiro atoms. The zero-order valence-corrected chi connectivity index (χ0v) is 14.5. The van der Waals surface area contributed by atoms with Gasteiger partial charge in [0.05, 0.1) is 16.7 Å². The van der Waals surface area contributed by atoms with Gasteiger partial charge >= 0.3 is 0 Å². The lowest BCUT2D eigenvalue weighted by Crippen LogP contribution is -2.30. The molecule has 28 heavy (non-hydrogen) atoms. The molecule has 0 amide bonds. The Morgan fingerprint density at radius 3 is 2.25 bits per heavy atom. The van der Waals surface area contributed by atoms with Crippen LogP contribution in [0.4, 0.5) is 0 Å². The lowest BCUT2D eigenvalue weighted by Gasteiger charge is -2.00. The second-order valence-electron chi connectivity index (χ2n) is 6.40. The topological polar surface area (TPSA) is 115 Å². The molecule has 0 bridgehead atoms. The number of aryl methyl sites for hydroxylation is 1. The summed E-state index contributed by atoms with van der Waals surface area (Å²) >= 11 is 0. The van der Waals surface area contributed by atoms with Gasteiger partial charge in [-0.3, -0.25) is 14.4 Å². The van der Waals surface area contributed by atoms with Gasteiger partial charge in [-0.25, -0.2) is 4.98 Å². The van der Waals surface area contributed by atoms with Crippen LogP contribution in [0.5, 0.6) is 0 Å². The minimum Gasteiger partial charge on any atom is -0.461 e. The van der Waals surface area contributed by atoms with Gasteiger partial charge < -0.3 is 14.2 Å². The third-order valence-electron chi connectivity index (χ3n) is 4.96. The van der Waals surface area contributed by atoms with E-state index in [2.05, 4.69) is 10.1 Å². The lowest BCUT2D eigenvalue weighted by molar-refractivity contribution is 0.302. The molecule has 136 valence electrons. The molecule has 0 fully saturated rings. The maximum atomic E-state index is 13.2. The molecule has 0 aliphatic heterocycles. The van der Waals surface area contributed by atoms with Gasteiger partial charge in [-0.1, -0.05) is 29.4 Å². The van der Waals surface area contributed by atoms with Gasteiger partial charge in [0.2, 0.25) is 5.43 Å². The summed E-state index contributed by atoms with van der Waals surface area (Å²) < 4.78 is 6.81. The highest BCUT2D eigenvalue weighted by atomic mass is 16.4. The molecule has 1 N–H and O–H groups in total. The Balaban J connectivity index is 2.20. The molecule has 2 aromatic heterocycles. The third-order valence-corrected chi connectivity index (χ3v) is 4.96. The highest BCUT2D eigenvalue weighted by Gasteiger charge is 2.21. The van der Waals surface area contributed by atoms with Gasteiger partial charge in [0.25, 0.3) is 0 Å². The van der Waals surface area contributed by atoms with Gasteiger partial charge in [0, 0.05) is 17.8 Å². The summed E-state index contributed by atoms with van der Waals surface area (Å²) in [4.78, 5) is 43.6. The van der Waals surface area contributed by atoms with Crippen LogP contribution in [0, 0.1) is 10.4 Å². The number of hydrogen-bond acceptors (Lipinski definition) is 7. The van der Waals surface area contributed by atoms with Crippen molar-refractivity contribution in [2.75, 3.05) is 0 Å². The van der Waals surface area contributed by atoms with E-state index in [9.17, 15) is 19.6 Å². The van der Waals surface area contributed by atoms with Gasteiger partial charge in [-0.05, 0) is 12.1 Å². The molecule has 0 unspecified atom stereocenters. The molecule has 8 heteroatoms. The Morgan fingerprint density at radius 2 is 1.64 bits per heavy atom. The standard InChI is InChI=1S/C20H11N3O5/c1-23-16-15(21-20(23)11-7-4-8-28-11)14(22-27)12-13(19(16)26)18(25)10-6-3-2-5-9(10)17(12)24/h2-8,27H,1H3/b22-14+. The van der Waals surface area contributed by atoms with E-state index < -0.39 is 16.3 Å². The van der Waals surface area contributed by atoms with E-state index in [0.29, 0.717) is 11.6 Å². The van der Waals surface area contributed by atoms with Crippen LogP contribution in [0.2, 0.25) is 0 Å². The molecule has 2 aliphatic carbocycles. The van der Waals surface area contributed by atoms with Crippen molar-refractivity contribution < 1.29 is 9.62 Å². The van der Waals surface area contributed by atoms with Crippen LogP contribution >= 0.6 is 0 Å². The van der Waals surface area contributed by atoms with Crippen molar-refractivity contribution in [1.29, 1.82) is 0 Å². The largest absolute Gasteiger partial charge is 0.461 e. The second kappa shape index (κ2) is 5.46. The SMILES string of the molecule is Cn1c(-c2ccco2)nc2/c(=N/O)c3c(=O)c4ccccc4c(=O)c=3c(=O)c21. The fourth-order valence-corrected chi connectivity index (χ4v) is 3.70. The average Bonchev–Trinajstić information content (AvgIpc) is 3.34. The normalized spacial score (nSPS) is 12.5. The average molecular weight is 373 g/mol. The van der Waals surface area contributed by atoms with Crippen LogP contribution in [0.3, 0.4) is 0 Å². The number of rotatable bonds is 1. The van der Waals surface area contributed by atoms with Crippen molar-refractivity contribution in [2.45, 2.75) is 0 Å². The molecule has 0 saturated heterocycles. The van der Waals surface area contributed by atoms with Gasteiger partial charge in [-0.2, -0.15) is 0 Å². The minimum atomic E-state index is -0.641. The summed E-state index contributed by atoms with van der Waals surface area (Å²) in [5.74, 6) is 0.697. The minimum absolute atomic E-state index is 0.0284. The molecular weight excluding hydrogens is 362 g/mol. The molecule has 2 heterocycles. The molecule has 3 aromatic rings. The second-order valence-corrected chi connectivity index (χ2v) is 6.40.